The Morgan fingerprint density at radius 3 is 2.41 bits per heavy atom. The van der Waals surface area contributed by atoms with E-state index >= 15 is 0 Å². The van der Waals surface area contributed by atoms with E-state index in [4.69, 9.17) is 4.74 Å². The van der Waals surface area contributed by atoms with Crippen molar-refractivity contribution in [3.63, 3.8) is 0 Å². The lowest BCUT2D eigenvalue weighted by atomic mass is 9.88. The van der Waals surface area contributed by atoms with E-state index in [0.717, 1.165) is 0 Å². The van der Waals surface area contributed by atoms with E-state index in [0.29, 0.717) is 19.8 Å². The molecule has 1 fully saturated rings. The number of hydrogen-bond donors (Lipinski definition) is 2. The Bertz CT molecular complexity index is 627. The number of ether oxygens (including phenoxy) is 1. The molecule has 0 unspecified atom stereocenters. The molecule has 9 heteroatoms. The molecule has 0 atom stereocenters. The van der Waals surface area contributed by atoms with E-state index in [1.54, 1.807) is 0 Å². The van der Waals surface area contributed by atoms with Gasteiger partial charge in [0.1, 0.15) is 0 Å². The quantitative estimate of drug-likeness (QED) is 0.605. The third-order valence-electron chi connectivity index (χ3n) is 3.78. The van der Waals surface area contributed by atoms with Crippen LogP contribution in [0.5, 0.6) is 0 Å². The lowest BCUT2D eigenvalue weighted by Gasteiger charge is -2.38. The van der Waals surface area contributed by atoms with Gasteiger partial charge < -0.3 is 15.2 Å². The summed E-state index contributed by atoms with van der Waals surface area (Å²) in [6.07, 6.45) is 0. The average Bonchev–Trinajstić information content (AvgIpc) is 2.42. The van der Waals surface area contributed by atoms with Crippen LogP contribution >= 0.6 is 0 Å². The zero-order chi connectivity index (χ0) is 16.5. The molecule has 1 saturated heterocycles. The second-order valence-electron chi connectivity index (χ2n) is 5.73. The standard InChI is InChI=1S/C13H17N3O6/c1-8-9(4-17)3-10(15(18)19)11(12(8)16(20)21)14-5-13(2)6-22-7-13/h3,14,17H,4-7H2,1-2H3. The van der Waals surface area contributed by atoms with Crippen molar-refractivity contribution in [3.05, 3.63) is 37.4 Å². The van der Waals surface area contributed by atoms with Gasteiger partial charge in [-0.15, -0.1) is 0 Å². The fourth-order valence-electron chi connectivity index (χ4n) is 2.37. The number of nitro groups is 2. The van der Waals surface area contributed by atoms with E-state index in [1.807, 2.05) is 6.92 Å². The second kappa shape index (κ2) is 5.85. The number of aliphatic hydroxyl groups is 1. The zero-order valence-corrected chi connectivity index (χ0v) is 12.3. The predicted octanol–water partition coefficient (Wildman–Crippen LogP) is 1.75. The molecule has 22 heavy (non-hydrogen) atoms. The Kier molecular flexibility index (Phi) is 4.29. The number of benzene rings is 1. The molecule has 2 N–H and O–H groups in total. The van der Waals surface area contributed by atoms with Crippen LogP contribution < -0.4 is 5.32 Å². The highest BCUT2D eigenvalue weighted by atomic mass is 16.6. The molecule has 1 heterocycles. The van der Waals surface area contributed by atoms with Crippen molar-refractivity contribution in [1.29, 1.82) is 0 Å². The molecule has 0 radical (unpaired) electrons. The number of nitrogens with zero attached hydrogens (tertiary/aromatic N) is 2. The maximum absolute atomic E-state index is 11.3. The van der Waals surface area contributed by atoms with Gasteiger partial charge in [0.05, 0.1) is 29.7 Å². The maximum Gasteiger partial charge on any atom is 0.302 e. The topological polar surface area (TPSA) is 128 Å². The van der Waals surface area contributed by atoms with Gasteiger partial charge >= 0.3 is 5.69 Å². The van der Waals surface area contributed by atoms with Crippen molar-refractivity contribution in [1.82, 2.24) is 0 Å². The highest BCUT2D eigenvalue weighted by molar-refractivity contribution is 5.77. The largest absolute Gasteiger partial charge is 0.392 e. The fourth-order valence-corrected chi connectivity index (χ4v) is 2.37. The molecule has 1 aromatic carbocycles. The van der Waals surface area contributed by atoms with Crippen molar-refractivity contribution < 1.29 is 19.7 Å². The first-order valence-electron chi connectivity index (χ1n) is 6.67. The first-order valence-corrected chi connectivity index (χ1v) is 6.67. The van der Waals surface area contributed by atoms with Crippen LogP contribution in [0.25, 0.3) is 0 Å². The molecule has 1 aliphatic rings. The minimum atomic E-state index is -0.687. The molecule has 1 aliphatic heterocycles. The molecular formula is C13H17N3O6. The fraction of sp³-hybridized carbons (Fsp3) is 0.538. The SMILES string of the molecule is Cc1c(CO)cc([N+](=O)[O-])c(NCC2(C)COC2)c1[N+](=O)[O-]. The molecule has 0 aromatic heterocycles. The van der Waals surface area contributed by atoms with E-state index in [2.05, 4.69) is 5.32 Å². The summed E-state index contributed by atoms with van der Waals surface area (Å²) in [5.74, 6) is 0. The highest BCUT2D eigenvalue weighted by Gasteiger charge is 2.36. The minimum Gasteiger partial charge on any atom is -0.392 e. The molecule has 2 rings (SSSR count). The molecule has 120 valence electrons. The molecular weight excluding hydrogens is 294 g/mol. The first kappa shape index (κ1) is 16.1. The molecule has 0 aliphatic carbocycles. The lowest BCUT2D eigenvalue weighted by molar-refractivity contribution is -0.392. The summed E-state index contributed by atoms with van der Waals surface area (Å²) in [6, 6.07) is 1.17. The third-order valence-corrected chi connectivity index (χ3v) is 3.78. The van der Waals surface area contributed by atoms with Crippen LogP contribution in [0.4, 0.5) is 17.1 Å². The number of hydrogen-bond acceptors (Lipinski definition) is 7. The third kappa shape index (κ3) is 2.85. The summed E-state index contributed by atoms with van der Waals surface area (Å²) in [7, 11) is 0. The highest BCUT2D eigenvalue weighted by Crippen LogP contribution is 2.40. The van der Waals surface area contributed by atoms with Gasteiger partial charge in [0.2, 0.25) is 0 Å². The number of rotatable bonds is 6. The Balaban J connectivity index is 2.49. The number of anilines is 1. The Morgan fingerprint density at radius 2 is 2.00 bits per heavy atom. The number of aliphatic hydroxyl groups excluding tert-OH is 1. The van der Waals surface area contributed by atoms with Crippen LogP contribution in [0, 0.1) is 32.6 Å². The van der Waals surface area contributed by atoms with Crippen molar-refractivity contribution in [2.24, 2.45) is 5.41 Å². The Hall–Kier alpha value is -2.26. The van der Waals surface area contributed by atoms with Gasteiger partial charge in [0, 0.05) is 23.6 Å². The summed E-state index contributed by atoms with van der Waals surface area (Å²) < 4.78 is 5.10. The van der Waals surface area contributed by atoms with Crippen LogP contribution in [0.15, 0.2) is 6.07 Å². The smallest absolute Gasteiger partial charge is 0.302 e. The molecule has 0 saturated carbocycles. The van der Waals surface area contributed by atoms with Crippen molar-refractivity contribution in [2.75, 3.05) is 25.1 Å². The van der Waals surface area contributed by atoms with Gasteiger partial charge in [0.25, 0.3) is 5.69 Å². The van der Waals surface area contributed by atoms with Gasteiger partial charge in [-0.25, -0.2) is 0 Å². The first-order chi connectivity index (χ1) is 10.3. The van der Waals surface area contributed by atoms with Crippen molar-refractivity contribution in [2.45, 2.75) is 20.5 Å². The van der Waals surface area contributed by atoms with Gasteiger partial charge in [0.15, 0.2) is 5.69 Å². The number of nitro benzene ring substituents is 2. The second-order valence-corrected chi connectivity index (χ2v) is 5.73. The lowest BCUT2D eigenvalue weighted by Crippen LogP contribution is -2.45. The van der Waals surface area contributed by atoms with Gasteiger partial charge in [-0.05, 0) is 12.5 Å². The predicted molar refractivity (Wildman–Crippen MR) is 77.8 cm³/mol. The average molecular weight is 311 g/mol. The van der Waals surface area contributed by atoms with Crippen LogP contribution in [0.3, 0.4) is 0 Å². The summed E-state index contributed by atoms with van der Waals surface area (Å²) in [6.45, 7) is 4.21. The van der Waals surface area contributed by atoms with Crippen molar-refractivity contribution in [3.8, 4) is 0 Å². The summed E-state index contributed by atoms with van der Waals surface area (Å²) in [5.41, 5.74) is -0.728. The maximum atomic E-state index is 11.3. The molecule has 0 spiro atoms. The van der Waals surface area contributed by atoms with E-state index in [9.17, 15) is 25.3 Å². The van der Waals surface area contributed by atoms with Gasteiger partial charge in [-0.3, -0.25) is 20.2 Å². The van der Waals surface area contributed by atoms with Crippen LogP contribution in [-0.4, -0.2) is 34.7 Å². The summed E-state index contributed by atoms with van der Waals surface area (Å²) in [5, 5.41) is 34.6. The zero-order valence-electron chi connectivity index (χ0n) is 12.3. The van der Waals surface area contributed by atoms with Gasteiger partial charge in [-0.2, -0.15) is 0 Å². The van der Waals surface area contributed by atoms with E-state index in [-0.39, 0.29) is 27.9 Å². The minimum absolute atomic E-state index is 0.127. The summed E-state index contributed by atoms with van der Waals surface area (Å²) >= 11 is 0. The Labute approximate surface area is 126 Å². The normalized spacial score (nSPS) is 16.0. The van der Waals surface area contributed by atoms with Crippen LogP contribution in [-0.2, 0) is 11.3 Å². The van der Waals surface area contributed by atoms with E-state index in [1.165, 1.54) is 13.0 Å². The molecule has 0 amide bonds. The molecule has 0 bridgehead atoms. The Morgan fingerprint density at radius 1 is 1.36 bits per heavy atom. The number of nitrogens with one attached hydrogen (secondary N) is 1. The van der Waals surface area contributed by atoms with Gasteiger partial charge in [-0.1, -0.05) is 6.92 Å². The van der Waals surface area contributed by atoms with E-state index < -0.39 is 22.1 Å². The summed E-state index contributed by atoms with van der Waals surface area (Å²) in [4.78, 5) is 21.2. The monoisotopic (exact) mass is 311 g/mol. The van der Waals surface area contributed by atoms with Crippen LogP contribution in [0.2, 0.25) is 0 Å². The van der Waals surface area contributed by atoms with Crippen LogP contribution in [0.1, 0.15) is 18.1 Å². The molecule has 9 nitrogen and oxygen atoms in total. The molecule has 1 aromatic rings. The van der Waals surface area contributed by atoms with Crippen molar-refractivity contribution >= 4 is 17.1 Å².